The minimum absolute atomic E-state index is 0.0418. The van der Waals surface area contributed by atoms with Crippen LogP contribution in [0.4, 0.5) is 10.2 Å². The zero-order chi connectivity index (χ0) is 27.3. The number of hydrogen-bond donors (Lipinski definition) is 1. The highest BCUT2D eigenvalue weighted by molar-refractivity contribution is 6.32. The van der Waals surface area contributed by atoms with Crippen molar-refractivity contribution in [2.45, 2.75) is 31.2 Å². The zero-order valence-corrected chi connectivity index (χ0v) is 22.8. The molecule has 2 fully saturated rings. The second-order valence-corrected chi connectivity index (χ2v) is 11.2. The van der Waals surface area contributed by atoms with Gasteiger partial charge in [0.15, 0.2) is 0 Å². The van der Waals surface area contributed by atoms with E-state index in [0.717, 1.165) is 31.9 Å². The Hall–Kier alpha value is -3.62. The molecule has 2 aliphatic heterocycles. The highest BCUT2D eigenvalue weighted by Crippen LogP contribution is 2.42. The van der Waals surface area contributed by atoms with E-state index in [1.807, 2.05) is 6.07 Å². The second kappa shape index (κ2) is 9.84. The Morgan fingerprint density at radius 2 is 1.69 bits per heavy atom. The van der Waals surface area contributed by atoms with Crippen molar-refractivity contribution in [1.29, 1.82) is 0 Å². The van der Waals surface area contributed by atoms with Crippen molar-refractivity contribution in [2.75, 3.05) is 31.6 Å². The summed E-state index contributed by atoms with van der Waals surface area (Å²) in [4.78, 5) is 21.8. The van der Waals surface area contributed by atoms with Crippen molar-refractivity contribution < 1.29 is 9.50 Å². The molecule has 9 heteroatoms. The van der Waals surface area contributed by atoms with E-state index in [0.29, 0.717) is 33.0 Å². The summed E-state index contributed by atoms with van der Waals surface area (Å²) >= 11 is 6.55. The summed E-state index contributed by atoms with van der Waals surface area (Å²) in [5.41, 5.74) is 2.40. The van der Waals surface area contributed by atoms with Gasteiger partial charge in [0.05, 0.1) is 10.7 Å². The summed E-state index contributed by atoms with van der Waals surface area (Å²) in [5, 5.41) is 11.7. The average molecular weight is 548 g/mol. The smallest absolute Gasteiger partial charge is 0.332 e. The van der Waals surface area contributed by atoms with E-state index >= 15 is 0 Å². The molecule has 7 nitrogen and oxygen atoms in total. The first-order valence-corrected chi connectivity index (χ1v) is 13.6. The van der Waals surface area contributed by atoms with E-state index in [9.17, 15) is 14.3 Å². The van der Waals surface area contributed by atoms with Crippen molar-refractivity contribution in [3.05, 3.63) is 82.4 Å². The first-order valence-electron chi connectivity index (χ1n) is 13.3. The van der Waals surface area contributed by atoms with Crippen molar-refractivity contribution in [3.63, 3.8) is 0 Å². The number of imidazole rings is 1. The predicted octanol–water partition coefficient (Wildman–Crippen LogP) is 5.47. The van der Waals surface area contributed by atoms with Gasteiger partial charge in [-0.25, -0.2) is 14.2 Å². The third-order valence-corrected chi connectivity index (χ3v) is 8.72. The third kappa shape index (κ3) is 4.51. The van der Waals surface area contributed by atoms with Gasteiger partial charge in [-0.2, -0.15) is 0 Å². The molecule has 202 valence electrons. The molecule has 1 unspecified atom stereocenters. The summed E-state index contributed by atoms with van der Waals surface area (Å²) in [5.74, 6) is 0.317. The number of halogens is 2. The number of benzene rings is 2. The highest BCUT2D eigenvalue weighted by atomic mass is 35.5. The molecule has 0 saturated carbocycles. The molecule has 4 heterocycles. The Morgan fingerprint density at radius 1 is 0.974 bits per heavy atom. The molecular weight excluding hydrogens is 517 g/mol. The number of rotatable bonds is 4. The maximum Gasteiger partial charge on any atom is 0.332 e. The van der Waals surface area contributed by atoms with Crippen LogP contribution in [-0.2, 0) is 7.05 Å². The number of aromatic nitrogens is 3. The Labute approximate surface area is 231 Å². The maximum absolute atomic E-state index is 15.0. The van der Waals surface area contributed by atoms with Crippen LogP contribution in [0.25, 0.3) is 27.9 Å². The van der Waals surface area contributed by atoms with Gasteiger partial charge in [0.1, 0.15) is 17.4 Å². The third-order valence-electron chi connectivity index (χ3n) is 8.42. The molecule has 0 radical (unpaired) electrons. The number of pyridine rings is 1. The van der Waals surface area contributed by atoms with Crippen LogP contribution in [0.15, 0.2) is 65.8 Å². The summed E-state index contributed by atoms with van der Waals surface area (Å²) in [6.07, 6.45) is 9.69. The number of piperidine rings is 1. The van der Waals surface area contributed by atoms with Gasteiger partial charge in [0, 0.05) is 55.4 Å². The van der Waals surface area contributed by atoms with Gasteiger partial charge in [0.2, 0.25) is 0 Å². The van der Waals surface area contributed by atoms with E-state index in [4.69, 9.17) is 11.6 Å². The van der Waals surface area contributed by atoms with Crippen LogP contribution in [0.3, 0.4) is 0 Å². The van der Waals surface area contributed by atoms with Crippen LogP contribution in [0.2, 0.25) is 5.02 Å². The number of aromatic hydroxyl groups is 1. The van der Waals surface area contributed by atoms with E-state index in [1.165, 1.54) is 40.5 Å². The summed E-state index contributed by atoms with van der Waals surface area (Å²) < 4.78 is 17.8. The molecule has 2 aromatic carbocycles. The predicted molar refractivity (Wildman–Crippen MR) is 152 cm³/mol. The van der Waals surface area contributed by atoms with Gasteiger partial charge in [-0.05, 0) is 86.8 Å². The number of nitrogens with zero attached hydrogens (tertiary/aromatic N) is 5. The number of phenols is 1. The quantitative estimate of drug-likeness (QED) is 0.367. The number of likely N-dealkylation sites (tertiary alicyclic amines) is 1. The molecule has 1 atom stereocenters. The lowest BCUT2D eigenvalue weighted by atomic mass is 9.86. The number of hydrogen-bond acceptors (Lipinski definition) is 5. The molecule has 4 aromatic rings. The van der Waals surface area contributed by atoms with Crippen LogP contribution in [0.5, 0.6) is 5.75 Å². The van der Waals surface area contributed by atoms with Gasteiger partial charge >= 0.3 is 5.69 Å². The summed E-state index contributed by atoms with van der Waals surface area (Å²) in [6, 6.07) is 11.4. The summed E-state index contributed by atoms with van der Waals surface area (Å²) in [6.45, 7) is 2.95. The van der Waals surface area contributed by atoms with Crippen LogP contribution >= 0.6 is 11.6 Å². The van der Waals surface area contributed by atoms with Crippen LogP contribution in [-0.4, -0.2) is 56.3 Å². The minimum Gasteiger partial charge on any atom is -0.507 e. The van der Waals surface area contributed by atoms with Gasteiger partial charge in [-0.3, -0.25) is 9.47 Å². The Kier molecular flexibility index (Phi) is 6.47. The fourth-order valence-corrected chi connectivity index (χ4v) is 6.48. The van der Waals surface area contributed by atoms with Crippen molar-refractivity contribution in [2.24, 2.45) is 7.05 Å². The molecule has 2 aliphatic rings. The molecule has 0 aliphatic carbocycles. The first-order chi connectivity index (χ1) is 18.8. The van der Waals surface area contributed by atoms with Crippen molar-refractivity contribution in [3.8, 4) is 33.7 Å². The topological polar surface area (TPSA) is 66.5 Å². The molecular formula is C30H31ClFN5O2. The van der Waals surface area contributed by atoms with Gasteiger partial charge in [-0.15, -0.1) is 0 Å². The molecule has 1 N–H and O–H groups in total. The number of aryl methyl sites for hydroxylation is 1. The summed E-state index contributed by atoms with van der Waals surface area (Å²) in [7, 11) is 3.87. The standard InChI is InChI=1S/C30H31ClFN5O2/c1-34-13-14-37(29(34)39)26-6-5-20(15-25(26)31)23-17-22(32)18-24(28(23)38)21-7-10-33-27(16-21)36-12-4-9-30(19-36)8-3-11-35(30)2/h5-7,10,13-18,38H,3-4,8-9,11-12,19H2,1-2H3. The van der Waals surface area contributed by atoms with E-state index in [1.54, 1.807) is 49.9 Å². The van der Waals surface area contributed by atoms with Gasteiger partial charge < -0.3 is 14.6 Å². The molecule has 2 aromatic heterocycles. The zero-order valence-electron chi connectivity index (χ0n) is 22.1. The molecule has 2 saturated heterocycles. The first kappa shape index (κ1) is 25.6. The molecule has 0 amide bonds. The number of phenolic OH excluding ortho intramolecular Hbond substituents is 1. The lowest BCUT2D eigenvalue weighted by Crippen LogP contribution is -2.54. The SMILES string of the molecule is CN1CCCC12CCCN(c1cc(-c3cc(F)cc(-c4ccc(-n5ccn(C)c5=O)c(Cl)c4)c3O)ccn1)C2. The molecule has 6 rings (SSSR count). The Morgan fingerprint density at radius 3 is 2.36 bits per heavy atom. The van der Waals surface area contributed by atoms with Crippen LogP contribution in [0, 0.1) is 5.82 Å². The number of anilines is 1. The second-order valence-electron chi connectivity index (χ2n) is 10.8. The van der Waals surface area contributed by atoms with E-state index in [-0.39, 0.29) is 17.0 Å². The molecule has 1 spiro atoms. The fraction of sp³-hybridized carbons (Fsp3) is 0.333. The largest absolute Gasteiger partial charge is 0.507 e. The maximum atomic E-state index is 15.0. The van der Waals surface area contributed by atoms with Gasteiger partial charge in [-0.1, -0.05) is 17.7 Å². The normalized spacial score (nSPS) is 19.7. The van der Waals surface area contributed by atoms with E-state index in [2.05, 4.69) is 21.8 Å². The lowest BCUT2D eigenvalue weighted by Gasteiger charge is -2.45. The highest BCUT2D eigenvalue weighted by Gasteiger charge is 2.42. The van der Waals surface area contributed by atoms with Crippen LogP contribution in [0.1, 0.15) is 25.7 Å². The van der Waals surface area contributed by atoms with Gasteiger partial charge in [0.25, 0.3) is 0 Å². The van der Waals surface area contributed by atoms with Crippen LogP contribution < -0.4 is 10.6 Å². The van der Waals surface area contributed by atoms with Crippen molar-refractivity contribution in [1.82, 2.24) is 19.0 Å². The molecule has 39 heavy (non-hydrogen) atoms. The monoisotopic (exact) mass is 547 g/mol. The van der Waals surface area contributed by atoms with Crippen molar-refractivity contribution >= 4 is 17.4 Å². The Bertz CT molecular complexity index is 1620. The average Bonchev–Trinajstić information content (AvgIpc) is 3.45. The number of likely N-dealkylation sites (N-methyl/N-ethyl adjacent to an activating group) is 1. The fourth-order valence-electron chi connectivity index (χ4n) is 6.21. The van der Waals surface area contributed by atoms with E-state index < -0.39 is 5.82 Å². The Balaban J connectivity index is 1.35. The minimum atomic E-state index is -0.472. The molecule has 0 bridgehead atoms. The lowest BCUT2D eigenvalue weighted by molar-refractivity contribution is 0.147.